The molecule has 0 unspecified atom stereocenters. The molecule has 0 aromatic heterocycles. The first-order valence-corrected chi connectivity index (χ1v) is 8.73. The molecule has 1 N–H and O–H groups in total. The Morgan fingerprint density at radius 3 is 2.39 bits per heavy atom. The fourth-order valence-electron chi connectivity index (χ4n) is 2.79. The van der Waals surface area contributed by atoms with E-state index in [1.807, 2.05) is 47.4 Å². The number of amides is 1. The largest absolute Gasteiger partial charge is 0.497 e. The van der Waals surface area contributed by atoms with Gasteiger partial charge in [0.05, 0.1) is 19.3 Å². The molecule has 0 fully saturated rings. The molecule has 0 heterocycles. The van der Waals surface area contributed by atoms with E-state index in [0.29, 0.717) is 12.3 Å². The van der Waals surface area contributed by atoms with Crippen LogP contribution >= 0.6 is 0 Å². The summed E-state index contributed by atoms with van der Waals surface area (Å²) in [6.45, 7) is 0.448. The Bertz CT molecular complexity index is 931. The maximum Gasteiger partial charge on any atom is 0.243 e. The molecule has 0 atom stereocenters. The van der Waals surface area contributed by atoms with Crippen LogP contribution in [0.15, 0.2) is 72.8 Å². The van der Waals surface area contributed by atoms with E-state index in [1.54, 1.807) is 19.2 Å². The minimum atomic E-state index is -0.686. The fraction of sp³-hybridized carbons (Fsp3) is 0.136. The normalized spacial score (nSPS) is 10.4. The van der Waals surface area contributed by atoms with Crippen molar-refractivity contribution in [2.75, 3.05) is 23.9 Å². The number of ether oxygens (including phenoxy) is 1. The predicted molar refractivity (Wildman–Crippen MR) is 105 cm³/mol. The lowest BCUT2D eigenvalue weighted by Crippen LogP contribution is -2.33. The van der Waals surface area contributed by atoms with Crippen molar-refractivity contribution in [1.82, 2.24) is 0 Å². The number of benzene rings is 3. The van der Waals surface area contributed by atoms with Crippen LogP contribution in [0.25, 0.3) is 0 Å². The Kier molecular flexibility index (Phi) is 6.22. The first kappa shape index (κ1) is 19.4. The van der Waals surface area contributed by atoms with Crippen molar-refractivity contribution in [3.63, 3.8) is 0 Å². The van der Waals surface area contributed by atoms with Crippen LogP contribution in [0.3, 0.4) is 0 Å². The van der Waals surface area contributed by atoms with Crippen molar-refractivity contribution in [2.24, 2.45) is 0 Å². The van der Waals surface area contributed by atoms with Gasteiger partial charge in [-0.2, -0.15) is 0 Å². The average molecular weight is 382 g/mol. The molecule has 144 valence electrons. The number of rotatable bonds is 7. The third-order valence-corrected chi connectivity index (χ3v) is 4.19. The molecule has 3 rings (SSSR count). The summed E-state index contributed by atoms with van der Waals surface area (Å²) < 4.78 is 32.3. The number of methoxy groups -OCH3 is 1. The second-order valence-electron chi connectivity index (χ2n) is 6.21. The summed E-state index contributed by atoms with van der Waals surface area (Å²) in [5, 5.41) is 2.44. The molecule has 1 amide bonds. The third kappa shape index (κ3) is 5.07. The molecule has 6 heteroatoms. The predicted octanol–water partition coefficient (Wildman–Crippen LogP) is 4.62. The summed E-state index contributed by atoms with van der Waals surface area (Å²) in [6.07, 6.45) is 0. The zero-order valence-electron chi connectivity index (χ0n) is 15.4. The van der Waals surface area contributed by atoms with Gasteiger partial charge in [0, 0.05) is 18.3 Å². The lowest BCUT2D eigenvalue weighted by molar-refractivity contribution is -0.115. The molecule has 0 saturated carbocycles. The molecule has 4 nitrogen and oxygen atoms in total. The van der Waals surface area contributed by atoms with Crippen LogP contribution in [0.2, 0.25) is 0 Å². The van der Waals surface area contributed by atoms with Gasteiger partial charge in [0.2, 0.25) is 5.91 Å². The highest BCUT2D eigenvalue weighted by Gasteiger charge is 2.15. The van der Waals surface area contributed by atoms with Gasteiger partial charge >= 0.3 is 0 Å². The first-order valence-electron chi connectivity index (χ1n) is 8.73. The van der Waals surface area contributed by atoms with Gasteiger partial charge in [-0.25, -0.2) is 8.78 Å². The number of hydrogen-bond acceptors (Lipinski definition) is 3. The van der Waals surface area contributed by atoms with Gasteiger partial charge in [-0.05, 0) is 42.0 Å². The molecule has 0 saturated heterocycles. The van der Waals surface area contributed by atoms with Crippen molar-refractivity contribution in [1.29, 1.82) is 0 Å². The highest BCUT2D eigenvalue weighted by Crippen LogP contribution is 2.22. The Hall–Kier alpha value is -3.41. The van der Waals surface area contributed by atoms with E-state index in [-0.39, 0.29) is 12.2 Å². The topological polar surface area (TPSA) is 41.6 Å². The van der Waals surface area contributed by atoms with Gasteiger partial charge in [-0.1, -0.05) is 30.3 Å². The molecule has 0 radical (unpaired) electrons. The minimum absolute atomic E-state index is 0.0306. The van der Waals surface area contributed by atoms with Crippen LogP contribution in [0.5, 0.6) is 5.75 Å². The quantitative estimate of drug-likeness (QED) is 0.648. The molecular weight excluding hydrogens is 362 g/mol. The number of nitrogens with zero attached hydrogens (tertiary/aromatic N) is 1. The maximum atomic E-state index is 13.8. The first-order chi connectivity index (χ1) is 13.5. The number of anilines is 2. The van der Waals surface area contributed by atoms with Crippen LogP contribution in [0.1, 0.15) is 5.56 Å². The SMILES string of the molecule is COc1ccc(N(CC(=O)Nc2cc(F)ccc2F)Cc2ccccc2)cc1. The fourth-order valence-corrected chi connectivity index (χ4v) is 2.79. The highest BCUT2D eigenvalue weighted by atomic mass is 19.1. The van der Waals surface area contributed by atoms with E-state index in [4.69, 9.17) is 4.74 Å². The molecule has 3 aromatic rings. The van der Waals surface area contributed by atoms with E-state index in [9.17, 15) is 13.6 Å². The van der Waals surface area contributed by atoms with E-state index in [2.05, 4.69) is 5.32 Å². The van der Waals surface area contributed by atoms with Crippen molar-refractivity contribution in [3.8, 4) is 5.75 Å². The third-order valence-electron chi connectivity index (χ3n) is 4.19. The van der Waals surface area contributed by atoms with Gasteiger partial charge in [0.1, 0.15) is 17.4 Å². The lowest BCUT2D eigenvalue weighted by Gasteiger charge is -2.25. The number of carbonyl (C=O) groups is 1. The summed E-state index contributed by atoms with van der Waals surface area (Å²) in [5.41, 5.74) is 1.64. The molecule has 0 spiro atoms. The van der Waals surface area contributed by atoms with Crippen LogP contribution in [-0.2, 0) is 11.3 Å². The number of nitrogens with one attached hydrogen (secondary N) is 1. The molecule has 0 aliphatic heterocycles. The Balaban J connectivity index is 1.79. The van der Waals surface area contributed by atoms with Crippen molar-refractivity contribution < 1.29 is 18.3 Å². The molecule has 0 aliphatic carbocycles. The van der Waals surface area contributed by atoms with E-state index in [1.165, 1.54) is 0 Å². The van der Waals surface area contributed by atoms with Gasteiger partial charge in [0.15, 0.2) is 0 Å². The van der Waals surface area contributed by atoms with Crippen molar-refractivity contribution in [3.05, 3.63) is 90.0 Å². The number of carbonyl (C=O) groups excluding carboxylic acids is 1. The van der Waals surface area contributed by atoms with Gasteiger partial charge in [0.25, 0.3) is 0 Å². The minimum Gasteiger partial charge on any atom is -0.497 e. The second-order valence-corrected chi connectivity index (χ2v) is 6.21. The second kappa shape index (κ2) is 8.99. The summed E-state index contributed by atoms with van der Waals surface area (Å²) in [6, 6.07) is 19.9. The lowest BCUT2D eigenvalue weighted by atomic mass is 10.2. The van der Waals surface area contributed by atoms with Crippen molar-refractivity contribution >= 4 is 17.3 Å². The van der Waals surface area contributed by atoms with Crippen LogP contribution in [0.4, 0.5) is 20.2 Å². The average Bonchev–Trinajstić information content (AvgIpc) is 2.71. The van der Waals surface area contributed by atoms with Crippen LogP contribution in [-0.4, -0.2) is 19.6 Å². The molecule has 28 heavy (non-hydrogen) atoms. The zero-order chi connectivity index (χ0) is 19.9. The van der Waals surface area contributed by atoms with E-state index >= 15 is 0 Å². The summed E-state index contributed by atoms with van der Waals surface area (Å²) in [4.78, 5) is 14.4. The zero-order valence-corrected chi connectivity index (χ0v) is 15.4. The molecule has 0 aliphatic rings. The molecular formula is C22H20F2N2O2. The Morgan fingerprint density at radius 2 is 1.71 bits per heavy atom. The van der Waals surface area contributed by atoms with Gasteiger partial charge in [-0.15, -0.1) is 0 Å². The van der Waals surface area contributed by atoms with Gasteiger partial charge < -0.3 is 15.0 Å². The van der Waals surface area contributed by atoms with Crippen molar-refractivity contribution in [2.45, 2.75) is 6.54 Å². The summed E-state index contributed by atoms with van der Waals surface area (Å²) in [5.74, 6) is -1.05. The number of hydrogen-bond donors (Lipinski definition) is 1. The van der Waals surface area contributed by atoms with E-state index in [0.717, 1.165) is 29.4 Å². The highest BCUT2D eigenvalue weighted by molar-refractivity contribution is 5.94. The number of halogens is 2. The maximum absolute atomic E-state index is 13.8. The van der Waals surface area contributed by atoms with Gasteiger partial charge in [-0.3, -0.25) is 4.79 Å². The summed E-state index contributed by atoms with van der Waals surface area (Å²) >= 11 is 0. The summed E-state index contributed by atoms with van der Waals surface area (Å²) in [7, 11) is 1.58. The molecule has 0 bridgehead atoms. The Labute approximate surface area is 162 Å². The smallest absolute Gasteiger partial charge is 0.243 e. The molecule has 3 aromatic carbocycles. The van der Waals surface area contributed by atoms with E-state index < -0.39 is 17.5 Å². The van der Waals surface area contributed by atoms with Crippen LogP contribution < -0.4 is 15.0 Å². The standard InChI is InChI=1S/C22H20F2N2O2/c1-28-19-10-8-18(9-11-19)26(14-16-5-3-2-4-6-16)15-22(27)25-21-13-17(23)7-12-20(21)24/h2-13H,14-15H2,1H3,(H,25,27). The monoisotopic (exact) mass is 382 g/mol. The Morgan fingerprint density at radius 1 is 1.00 bits per heavy atom. The van der Waals surface area contributed by atoms with Crippen LogP contribution in [0, 0.1) is 11.6 Å².